The zero-order valence-electron chi connectivity index (χ0n) is 11.6. The van der Waals surface area contributed by atoms with Crippen LogP contribution in [0.2, 0.25) is 10.0 Å². The molecular formula is C15H22Cl2N2. The van der Waals surface area contributed by atoms with E-state index in [1.165, 1.54) is 19.4 Å². The third-order valence-electron chi connectivity index (χ3n) is 3.80. The van der Waals surface area contributed by atoms with Gasteiger partial charge in [-0.15, -0.1) is 0 Å². The lowest BCUT2D eigenvalue weighted by Crippen LogP contribution is -2.32. The van der Waals surface area contributed by atoms with E-state index in [4.69, 9.17) is 23.2 Å². The van der Waals surface area contributed by atoms with Crippen molar-refractivity contribution in [2.75, 3.05) is 18.4 Å². The molecule has 4 heteroatoms. The second kappa shape index (κ2) is 6.83. The van der Waals surface area contributed by atoms with E-state index in [0.29, 0.717) is 22.1 Å². The van der Waals surface area contributed by atoms with Crippen LogP contribution in [-0.4, -0.2) is 30.1 Å². The summed E-state index contributed by atoms with van der Waals surface area (Å²) >= 11 is 12.3. The fourth-order valence-corrected chi connectivity index (χ4v) is 2.97. The Bertz CT molecular complexity index is 421. The molecule has 19 heavy (non-hydrogen) atoms. The van der Waals surface area contributed by atoms with Gasteiger partial charge in [0.05, 0.1) is 15.7 Å². The Morgan fingerprint density at radius 1 is 1.21 bits per heavy atom. The molecule has 1 aliphatic heterocycles. The Morgan fingerprint density at radius 3 is 2.74 bits per heavy atom. The maximum absolute atomic E-state index is 6.23. The van der Waals surface area contributed by atoms with Crippen molar-refractivity contribution in [1.29, 1.82) is 0 Å². The normalized spacial score (nSPS) is 21.4. The standard InChI is InChI=1S/C15H22Cl2N2/c1-11(2)19-9-4-5-12(8-10-19)18-14-7-3-6-13(16)15(14)17/h3,6-7,11-12,18H,4-5,8-10H2,1-2H3. The largest absolute Gasteiger partial charge is 0.381 e. The third kappa shape index (κ3) is 4.01. The number of nitrogens with one attached hydrogen (secondary N) is 1. The molecule has 106 valence electrons. The number of hydrogen-bond acceptors (Lipinski definition) is 2. The fourth-order valence-electron chi connectivity index (χ4n) is 2.61. The minimum Gasteiger partial charge on any atom is -0.381 e. The Kier molecular flexibility index (Phi) is 5.37. The maximum atomic E-state index is 6.23. The van der Waals surface area contributed by atoms with E-state index >= 15 is 0 Å². The Morgan fingerprint density at radius 2 is 2.00 bits per heavy atom. The van der Waals surface area contributed by atoms with Crippen molar-refractivity contribution in [1.82, 2.24) is 4.90 Å². The van der Waals surface area contributed by atoms with Crippen LogP contribution in [0.25, 0.3) is 0 Å². The summed E-state index contributed by atoms with van der Waals surface area (Å²) in [6, 6.07) is 6.88. The number of halogens is 2. The molecule has 2 rings (SSSR count). The second-order valence-corrected chi connectivity index (χ2v) is 6.29. The number of rotatable bonds is 3. The topological polar surface area (TPSA) is 15.3 Å². The van der Waals surface area contributed by atoms with Crippen LogP contribution in [-0.2, 0) is 0 Å². The highest BCUT2D eigenvalue weighted by Crippen LogP contribution is 2.31. The lowest BCUT2D eigenvalue weighted by molar-refractivity contribution is 0.230. The summed E-state index contributed by atoms with van der Waals surface area (Å²) in [5, 5.41) is 4.79. The molecule has 0 bridgehead atoms. The van der Waals surface area contributed by atoms with Crippen LogP contribution in [0.15, 0.2) is 18.2 Å². The van der Waals surface area contributed by atoms with Gasteiger partial charge in [-0.25, -0.2) is 0 Å². The van der Waals surface area contributed by atoms with E-state index in [-0.39, 0.29) is 0 Å². The van der Waals surface area contributed by atoms with Gasteiger partial charge in [-0.1, -0.05) is 29.3 Å². The second-order valence-electron chi connectivity index (χ2n) is 5.50. The number of likely N-dealkylation sites (tertiary alicyclic amines) is 1. The van der Waals surface area contributed by atoms with Crippen LogP contribution in [0.4, 0.5) is 5.69 Å². The smallest absolute Gasteiger partial charge is 0.0823 e. The van der Waals surface area contributed by atoms with E-state index in [2.05, 4.69) is 24.1 Å². The van der Waals surface area contributed by atoms with Gasteiger partial charge >= 0.3 is 0 Å². The number of hydrogen-bond donors (Lipinski definition) is 1. The average Bonchev–Trinajstić information content (AvgIpc) is 2.60. The molecule has 1 heterocycles. The first-order valence-electron chi connectivity index (χ1n) is 7.02. The van der Waals surface area contributed by atoms with Crippen LogP contribution >= 0.6 is 23.2 Å². The Hall–Kier alpha value is -0.440. The molecule has 0 aromatic heterocycles. The predicted molar refractivity (Wildman–Crippen MR) is 84.4 cm³/mol. The molecule has 1 aliphatic rings. The van der Waals surface area contributed by atoms with E-state index in [0.717, 1.165) is 18.7 Å². The third-order valence-corrected chi connectivity index (χ3v) is 4.62. The zero-order valence-corrected chi connectivity index (χ0v) is 13.1. The molecule has 0 spiro atoms. The Labute approximate surface area is 126 Å². The summed E-state index contributed by atoms with van der Waals surface area (Å²) < 4.78 is 0. The molecule has 1 fully saturated rings. The minimum atomic E-state index is 0.486. The lowest BCUT2D eigenvalue weighted by Gasteiger charge is -2.24. The molecule has 1 saturated heterocycles. The molecule has 1 N–H and O–H groups in total. The molecular weight excluding hydrogens is 279 g/mol. The summed E-state index contributed by atoms with van der Waals surface area (Å²) in [5.41, 5.74) is 0.956. The van der Waals surface area contributed by atoms with Gasteiger partial charge < -0.3 is 10.2 Å². The number of benzene rings is 1. The molecule has 1 atom stereocenters. The van der Waals surface area contributed by atoms with Crippen LogP contribution in [0.1, 0.15) is 33.1 Å². The van der Waals surface area contributed by atoms with Gasteiger partial charge in [0.25, 0.3) is 0 Å². The molecule has 0 saturated carbocycles. The van der Waals surface area contributed by atoms with Gasteiger partial charge in [-0.05, 0) is 51.8 Å². The van der Waals surface area contributed by atoms with E-state index in [1.54, 1.807) is 0 Å². The first-order chi connectivity index (χ1) is 9.08. The first kappa shape index (κ1) is 15.0. The van der Waals surface area contributed by atoms with Crippen molar-refractivity contribution >= 4 is 28.9 Å². The highest BCUT2D eigenvalue weighted by atomic mass is 35.5. The lowest BCUT2D eigenvalue weighted by atomic mass is 10.1. The summed E-state index contributed by atoms with van der Waals surface area (Å²) in [4.78, 5) is 2.54. The van der Waals surface area contributed by atoms with Crippen molar-refractivity contribution in [3.8, 4) is 0 Å². The van der Waals surface area contributed by atoms with Crippen molar-refractivity contribution in [2.45, 2.75) is 45.2 Å². The molecule has 0 radical (unpaired) electrons. The maximum Gasteiger partial charge on any atom is 0.0823 e. The highest BCUT2D eigenvalue weighted by molar-refractivity contribution is 6.43. The summed E-state index contributed by atoms with van der Waals surface area (Å²) in [6.07, 6.45) is 3.57. The van der Waals surface area contributed by atoms with Gasteiger partial charge in [0, 0.05) is 18.6 Å². The van der Waals surface area contributed by atoms with E-state index in [1.807, 2.05) is 18.2 Å². The van der Waals surface area contributed by atoms with Gasteiger partial charge in [-0.2, -0.15) is 0 Å². The van der Waals surface area contributed by atoms with Crippen molar-refractivity contribution in [3.63, 3.8) is 0 Å². The van der Waals surface area contributed by atoms with Crippen LogP contribution < -0.4 is 5.32 Å². The van der Waals surface area contributed by atoms with Crippen LogP contribution in [0.5, 0.6) is 0 Å². The molecule has 1 aromatic rings. The van der Waals surface area contributed by atoms with Crippen molar-refractivity contribution in [3.05, 3.63) is 28.2 Å². The Balaban J connectivity index is 1.98. The number of anilines is 1. The monoisotopic (exact) mass is 300 g/mol. The zero-order chi connectivity index (χ0) is 13.8. The molecule has 0 amide bonds. The summed E-state index contributed by atoms with van der Waals surface area (Å²) in [5.74, 6) is 0. The predicted octanol–water partition coefficient (Wildman–Crippen LogP) is 4.67. The molecule has 1 unspecified atom stereocenters. The van der Waals surface area contributed by atoms with E-state index < -0.39 is 0 Å². The average molecular weight is 301 g/mol. The molecule has 0 aliphatic carbocycles. The molecule has 1 aromatic carbocycles. The first-order valence-corrected chi connectivity index (χ1v) is 7.78. The number of nitrogens with zero attached hydrogens (tertiary/aromatic N) is 1. The van der Waals surface area contributed by atoms with Crippen molar-refractivity contribution in [2.24, 2.45) is 0 Å². The highest BCUT2D eigenvalue weighted by Gasteiger charge is 2.19. The summed E-state index contributed by atoms with van der Waals surface area (Å²) in [6.45, 7) is 6.87. The van der Waals surface area contributed by atoms with Gasteiger partial charge in [0.1, 0.15) is 0 Å². The summed E-state index contributed by atoms with van der Waals surface area (Å²) in [7, 11) is 0. The van der Waals surface area contributed by atoms with Crippen molar-refractivity contribution < 1.29 is 0 Å². The van der Waals surface area contributed by atoms with E-state index in [9.17, 15) is 0 Å². The van der Waals surface area contributed by atoms with Crippen LogP contribution in [0, 0.1) is 0 Å². The van der Waals surface area contributed by atoms with Gasteiger partial charge in [0.2, 0.25) is 0 Å². The fraction of sp³-hybridized carbons (Fsp3) is 0.600. The SMILES string of the molecule is CC(C)N1CCCC(Nc2cccc(Cl)c2Cl)CC1. The van der Waals surface area contributed by atoms with Gasteiger partial charge in [-0.3, -0.25) is 0 Å². The minimum absolute atomic E-state index is 0.486. The molecule has 2 nitrogen and oxygen atoms in total. The van der Waals surface area contributed by atoms with Gasteiger partial charge in [0.15, 0.2) is 0 Å². The van der Waals surface area contributed by atoms with Crippen LogP contribution in [0.3, 0.4) is 0 Å². The quantitative estimate of drug-likeness (QED) is 0.873.